The Morgan fingerprint density at radius 3 is 2.86 bits per heavy atom. The zero-order chi connectivity index (χ0) is 10.6. The number of hydrogen-bond acceptors (Lipinski definition) is 5. The van der Waals surface area contributed by atoms with E-state index in [1.54, 1.807) is 25.1 Å². The van der Waals surface area contributed by atoms with Gasteiger partial charge in [-0.1, -0.05) is 0 Å². The standard InChI is InChI=1S/C9H13N3O2/c1-2-14-9(13)7-4-3-6(10)5-8(7)12-11/h3-5,12H,2,10-11H2,1H3. The molecule has 0 unspecified atom stereocenters. The minimum atomic E-state index is -0.416. The molecule has 0 atom stereocenters. The number of ether oxygens (including phenoxy) is 1. The Morgan fingerprint density at radius 1 is 1.57 bits per heavy atom. The van der Waals surface area contributed by atoms with Crippen LogP contribution in [-0.2, 0) is 4.74 Å². The summed E-state index contributed by atoms with van der Waals surface area (Å²) in [6, 6.07) is 4.77. The van der Waals surface area contributed by atoms with Gasteiger partial charge in [-0.05, 0) is 25.1 Å². The molecule has 0 aliphatic carbocycles. The molecule has 1 aromatic carbocycles. The molecule has 0 fully saturated rings. The number of hydrogen-bond donors (Lipinski definition) is 3. The summed E-state index contributed by atoms with van der Waals surface area (Å²) in [6.45, 7) is 2.07. The number of nitrogen functional groups attached to an aromatic ring is 2. The minimum Gasteiger partial charge on any atom is -0.462 e. The van der Waals surface area contributed by atoms with Gasteiger partial charge in [0, 0.05) is 5.69 Å². The first-order valence-corrected chi connectivity index (χ1v) is 4.22. The second kappa shape index (κ2) is 4.48. The van der Waals surface area contributed by atoms with Gasteiger partial charge in [-0.2, -0.15) is 0 Å². The van der Waals surface area contributed by atoms with E-state index in [0.29, 0.717) is 23.5 Å². The number of nitrogens with one attached hydrogen (secondary N) is 1. The third kappa shape index (κ3) is 2.14. The highest BCUT2D eigenvalue weighted by molar-refractivity contribution is 5.96. The maximum absolute atomic E-state index is 11.4. The number of carbonyl (C=O) groups excluding carboxylic acids is 1. The van der Waals surface area contributed by atoms with Gasteiger partial charge in [0.2, 0.25) is 0 Å². The largest absolute Gasteiger partial charge is 0.462 e. The minimum absolute atomic E-state index is 0.327. The number of anilines is 2. The van der Waals surface area contributed by atoms with Gasteiger partial charge in [0.15, 0.2) is 0 Å². The molecule has 14 heavy (non-hydrogen) atoms. The lowest BCUT2D eigenvalue weighted by Crippen LogP contribution is -2.14. The van der Waals surface area contributed by atoms with Crippen LogP contribution in [0.3, 0.4) is 0 Å². The smallest absolute Gasteiger partial charge is 0.340 e. The van der Waals surface area contributed by atoms with E-state index in [1.807, 2.05) is 0 Å². The molecular formula is C9H13N3O2. The molecule has 0 saturated carbocycles. The van der Waals surface area contributed by atoms with Gasteiger partial charge in [0.1, 0.15) is 0 Å². The summed E-state index contributed by atoms with van der Waals surface area (Å²) in [5.74, 6) is 4.82. The third-order valence-electron chi connectivity index (χ3n) is 1.69. The van der Waals surface area contributed by atoms with Gasteiger partial charge >= 0.3 is 5.97 Å². The predicted molar refractivity (Wildman–Crippen MR) is 54.6 cm³/mol. The maximum atomic E-state index is 11.4. The van der Waals surface area contributed by atoms with E-state index in [0.717, 1.165) is 0 Å². The second-order valence-electron chi connectivity index (χ2n) is 2.67. The molecule has 0 spiro atoms. The van der Waals surface area contributed by atoms with Crippen molar-refractivity contribution in [2.24, 2.45) is 5.84 Å². The topological polar surface area (TPSA) is 90.4 Å². The van der Waals surface area contributed by atoms with Crippen molar-refractivity contribution in [2.45, 2.75) is 6.92 Å². The van der Waals surface area contributed by atoms with Crippen molar-refractivity contribution in [3.05, 3.63) is 23.8 Å². The molecular weight excluding hydrogens is 182 g/mol. The fraction of sp³-hybridized carbons (Fsp3) is 0.222. The van der Waals surface area contributed by atoms with E-state index in [1.165, 1.54) is 0 Å². The highest BCUT2D eigenvalue weighted by Gasteiger charge is 2.11. The van der Waals surface area contributed by atoms with Crippen LogP contribution in [0.15, 0.2) is 18.2 Å². The number of benzene rings is 1. The Balaban J connectivity index is 3.01. The Kier molecular flexibility index (Phi) is 3.30. The van der Waals surface area contributed by atoms with Crippen molar-refractivity contribution in [2.75, 3.05) is 17.8 Å². The summed E-state index contributed by atoms with van der Waals surface area (Å²) in [5.41, 5.74) is 9.30. The zero-order valence-corrected chi connectivity index (χ0v) is 7.91. The van der Waals surface area contributed by atoms with E-state index >= 15 is 0 Å². The molecule has 0 aliphatic heterocycles. The number of esters is 1. The van der Waals surface area contributed by atoms with Crippen molar-refractivity contribution >= 4 is 17.3 Å². The second-order valence-corrected chi connectivity index (χ2v) is 2.67. The summed E-state index contributed by atoms with van der Waals surface area (Å²) >= 11 is 0. The highest BCUT2D eigenvalue weighted by Crippen LogP contribution is 2.18. The van der Waals surface area contributed by atoms with Crippen molar-refractivity contribution in [1.82, 2.24) is 0 Å². The third-order valence-corrected chi connectivity index (χ3v) is 1.69. The first kappa shape index (κ1) is 10.3. The number of hydrazine groups is 1. The molecule has 0 saturated heterocycles. The van der Waals surface area contributed by atoms with E-state index in [2.05, 4.69) is 5.43 Å². The monoisotopic (exact) mass is 195 g/mol. The van der Waals surface area contributed by atoms with Crippen LogP contribution in [0.5, 0.6) is 0 Å². The highest BCUT2D eigenvalue weighted by atomic mass is 16.5. The molecule has 0 aromatic heterocycles. The lowest BCUT2D eigenvalue weighted by molar-refractivity contribution is 0.0527. The van der Waals surface area contributed by atoms with Crippen LogP contribution in [0, 0.1) is 0 Å². The van der Waals surface area contributed by atoms with Gasteiger partial charge in [-0.3, -0.25) is 5.84 Å². The summed E-state index contributed by atoms with van der Waals surface area (Å²) in [4.78, 5) is 11.4. The van der Waals surface area contributed by atoms with Gasteiger partial charge in [0.25, 0.3) is 0 Å². The molecule has 5 nitrogen and oxygen atoms in total. The fourth-order valence-electron chi connectivity index (χ4n) is 1.07. The predicted octanol–water partition coefficient (Wildman–Crippen LogP) is 0.731. The van der Waals surface area contributed by atoms with Gasteiger partial charge < -0.3 is 15.9 Å². The van der Waals surface area contributed by atoms with Crippen molar-refractivity contribution in [1.29, 1.82) is 0 Å². The first-order chi connectivity index (χ1) is 6.69. The van der Waals surface area contributed by atoms with Crippen molar-refractivity contribution in [3.8, 4) is 0 Å². The zero-order valence-electron chi connectivity index (χ0n) is 7.91. The molecule has 0 radical (unpaired) electrons. The van der Waals surface area contributed by atoms with E-state index in [9.17, 15) is 4.79 Å². The Morgan fingerprint density at radius 2 is 2.29 bits per heavy atom. The SMILES string of the molecule is CCOC(=O)c1ccc(N)cc1NN. The molecule has 1 rings (SSSR count). The van der Waals surface area contributed by atoms with Crippen LogP contribution in [0.25, 0.3) is 0 Å². The Labute approximate surface area is 82.0 Å². The summed E-state index contributed by atoms with van der Waals surface area (Å²) in [6.07, 6.45) is 0. The van der Waals surface area contributed by atoms with Gasteiger partial charge in [-0.25, -0.2) is 4.79 Å². The average Bonchev–Trinajstić information content (AvgIpc) is 2.17. The quantitative estimate of drug-likeness (QED) is 0.286. The Hall–Kier alpha value is -1.75. The number of carbonyl (C=O) groups is 1. The lowest BCUT2D eigenvalue weighted by atomic mass is 10.1. The first-order valence-electron chi connectivity index (χ1n) is 4.22. The average molecular weight is 195 g/mol. The fourth-order valence-corrected chi connectivity index (χ4v) is 1.07. The molecule has 5 heteroatoms. The number of rotatable bonds is 3. The van der Waals surface area contributed by atoms with Crippen LogP contribution in [0.1, 0.15) is 17.3 Å². The molecule has 1 aromatic rings. The van der Waals surface area contributed by atoms with Crippen molar-refractivity contribution in [3.63, 3.8) is 0 Å². The maximum Gasteiger partial charge on any atom is 0.340 e. The summed E-state index contributed by atoms with van der Waals surface area (Å²) < 4.78 is 4.83. The van der Waals surface area contributed by atoms with E-state index < -0.39 is 5.97 Å². The lowest BCUT2D eigenvalue weighted by Gasteiger charge is -2.08. The summed E-state index contributed by atoms with van der Waals surface area (Å²) in [5, 5.41) is 0. The van der Waals surface area contributed by atoms with Crippen LogP contribution in [0.2, 0.25) is 0 Å². The molecule has 0 aliphatic rings. The van der Waals surface area contributed by atoms with E-state index in [4.69, 9.17) is 16.3 Å². The molecule has 76 valence electrons. The van der Waals surface area contributed by atoms with Gasteiger partial charge in [-0.15, -0.1) is 0 Å². The summed E-state index contributed by atoms with van der Waals surface area (Å²) in [7, 11) is 0. The van der Waals surface area contributed by atoms with Crippen molar-refractivity contribution < 1.29 is 9.53 Å². The number of nitrogens with two attached hydrogens (primary N) is 2. The van der Waals surface area contributed by atoms with Gasteiger partial charge in [0.05, 0.1) is 17.9 Å². The van der Waals surface area contributed by atoms with Crippen LogP contribution in [0.4, 0.5) is 11.4 Å². The Bertz CT molecular complexity index is 339. The van der Waals surface area contributed by atoms with Crippen LogP contribution in [-0.4, -0.2) is 12.6 Å². The molecule has 0 heterocycles. The molecule has 0 amide bonds. The van der Waals surface area contributed by atoms with Crippen LogP contribution < -0.4 is 17.0 Å². The van der Waals surface area contributed by atoms with Crippen LogP contribution >= 0.6 is 0 Å². The molecule has 5 N–H and O–H groups in total. The molecule has 0 bridgehead atoms. The van der Waals surface area contributed by atoms with E-state index in [-0.39, 0.29) is 0 Å². The normalized spacial score (nSPS) is 9.57.